The van der Waals surface area contributed by atoms with Crippen LogP contribution in [0.5, 0.6) is 0 Å². The maximum absolute atomic E-state index is 11.9. The van der Waals surface area contributed by atoms with Crippen molar-refractivity contribution in [1.82, 2.24) is 4.98 Å². The maximum Gasteiger partial charge on any atom is 0.339 e. The minimum atomic E-state index is -1.92. The van der Waals surface area contributed by atoms with Gasteiger partial charge in [-0.15, -0.1) is 0 Å². The van der Waals surface area contributed by atoms with Crippen molar-refractivity contribution in [2.75, 3.05) is 7.11 Å². The summed E-state index contributed by atoms with van der Waals surface area (Å²) in [5, 5.41) is 2.34. The first kappa shape index (κ1) is 13.5. The molecule has 0 N–H and O–H groups in total. The number of hydrogen-bond donors (Lipinski definition) is 0. The van der Waals surface area contributed by atoms with E-state index < -0.39 is 8.07 Å². The quantitative estimate of drug-likeness (QED) is 0.630. The van der Waals surface area contributed by atoms with Crippen molar-refractivity contribution in [2.45, 2.75) is 13.1 Å². The number of nitrogens with zero attached hydrogens (tertiary/aromatic N) is 1. The molecule has 4 heteroatoms. The summed E-state index contributed by atoms with van der Waals surface area (Å²) in [4.78, 5) is 15.9. The van der Waals surface area contributed by atoms with Gasteiger partial charge < -0.3 is 4.74 Å². The topological polar surface area (TPSA) is 39.2 Å². The molecule has 0 radical (unpaired) electrons. The predicted octanol–water partition coefficient (Wildman–Crippen LogP) is 1.69. The van der Waals surface area contributed by atoms with Crippen molar-refractivity contribution in [3.05, 3.63) is 54.4 Å². The first-order chi connectivity index (χ1) is 9.07. The molecule has 3 nitrogen and oxygen atoms in total. The molecule has 1 aromatic heterocycles. The van der Waals surface area contributed by atoms with Crippen LogP contribution in [0.1, 0.15) is 10.4 Å². The number of carbonyl (C=O) groups is 1. The fraction of sp³-hybridized carbons (Fsp3) is 0.200. The summed E-state index contributed by atoms with van der Waals surface area (Å²) >= 11 is 0. The molecule has 0 aliphatic carbocycles. The Bertz CT molecular complexity index is 582. The molecule has 2 rings (SSSR count). The number of hydrogen-bond acceptors (Lipinski definition) is 3. The first-order valence-corrected chi connectivity index (χ1v) is 9.15. The van der Waals surface area contributed by atoms with E-state index in [0.29, 0.717) is 5.56 Å². The molecule has 0 bridgehead atoms. The maximum atomic E-state index is 11.9. The van der Waals surface area contributed by atoms with Gasteiger partial charge in [0.2, 0.25) is 0 Å². The highest BCUT2D eigenvalue weighted by Crippen LogP contribution is 2.08. The summed E-state index contributed by atoms with van der Waals surface area (Å²) in [6, 6.07) is 12.2. The van der Waals surface area contributed by atoms with Crippen molar-refractivity contribution in [3.8, 4) is 0 Å². The summed E-state index contributed by atoms with van der Waals surface area (Å²) in [7, 11) is -0.521. The number of ether oxygens (including phenoxy) is 1. The molecular formula is C15H17NO2Si. The molecule has 0 spiro atoms. The van der Waals surface area contributed by atoms with E-state index in [2.05, 4.69) is 30.2 Å². The highest BCUT2D eigenvalue weighted by molar-refractivity contribution is 7.01. The van der Waals surface area contributed by atoms with Gasteiger partial charge in [-0.3, -0.25) is 4.98 Å². The van der Waals surface area contributed by atoms with Gasteiger partial charge in [-0.05, 0) is 11.3 Å². The van der Waals surface area contributed by atoms with E-state index in [9.17, 15) is 4.79 Å². The minimum absolute atomic E-state index is 0.320. The van der Waals surface area contributed by atoms with Crippen molar-refractivity contribution in [3.63, 3.8) is 0 Å². The number of methoxy groups -OCH3 is 1. The summed E-state index contributed by atoms with van der Waals surface area (Å²) in [5.41, 5.74) is 0.575. The van der Waals surface area contributed by atoms with Crippen LogP contribution in [-0.2, 0) is 4.74 Å². The second-order valence-corrected chi connectivity index (χ2v) is 9.27. The molecule has 0 atom stereocenters. The number of rotatable bonds is 3. The second kappa shape index (κ2) is 5.36. The van der Waals surface area contributed by atoms with E-state index in [1.54, 1.807) is 12.4 Å². The van der Waals surface area contributed by atoms with Gasteiger partial charge in [0.25, 0.3) is 0 Å². The Balaban J connectivity index is 2.55. The van der Waals surface area contributed by atoms with E-state index in [-0.39, 0.29) is 5.97 Å². The van der Waals surface area contributed by atoms with Crippen LogP contribution < -0.4 is 10.4 Å². The third kappa shape index (κ3) is 2.58. The monoisotopic (exact) mass is 271 g/mol. The third-order valence-electron chi connectivity index (χ3n) is 3.40. The van der Waals surface area contributed by atoms with Crippen LogP contribution in [0.15, 0.2) is 48.8 Å². The Labute approximate surface area is 114 Å². The number of carbonyl (C=O) groups excluding carboxylic acids is 1. The summed E-state index contributed by atoms with van der Waals surface area (Å²) in [5.74, 6) is -0.320. The van der Waals surface area contributed by atoms with E-state index in [1.165, 1.54) is 12.3 Å². The average molecular weight is 271 g/mol. The molecule has 0 saturated carbocycles. The van der Waals surface area contributed by atoms with Crippen LogP contribution in [0.4, 0.5) is 0 Å². The molecule has 19 heavy (non-hydrogen) atoms. The Hall–Kier alpha value is -1.94. The molecule has 0 amide bonds. The predicted molar refractivity (Wildman–Crippen MR) is 78.8 cm³/mol. The van der Waals surface area contributed by atoms with E-state index in [1.807, 2.05) is 24.3 Å². The third-order valence-corrected chi connectivity index (χ3v) is 6.95. The molecule has 0 unspecified atom stereocenters. The summed E-state index contributed by atoms with van der Waals surface area (Å²) < 4.78 is 4.85. The summed E-state index contributed by atoms with van der Waals surface area (Å²) in [6.07, 6.45) is 3.33. The largest absolute Gasteiger partial charge is 0.465 e. The van der Waals surface area contributed by atoms with Crippen molar-refractivity contribution >= 4 is 24.4 Å². The zero-order valence-corrected chi connectivity index (χ0v) is 12.4. The number of pyridine rings is 1. The smallest absolute Gasteiger partial charge is 0.339 e. The minimum Gasteiger partial charge on any atom is -0.465 e. The molecule has 0 aliphatic heterocycles. The van der Waals surface area contributed by atoms with E-state index >= 15 is 0 Å². The van der Waals surface area contributed by atoms with Gasteiger partial charge in [0.15, 0.2) is 0 Å². The van der Waals surface area contributed by atoms with Crippen LogP contribution in [-0.4, -0.2) is 26.1 Å². The Kier molecular flexibility index (Phi) is 3.81. The summed E-state index contributed by atoms with van der Waals surface area (Å²) in [6.45, 7) is 4.45. The van der Waals surface area contributed by atoms with Gasteiger partial charge in [0.1, 0.15) is 8.07 Å². The Morgan fingerprint density at radius 3 is 2.47 bits per heavy atom. The van der Waals surface area contributed by atoms with Gasteiger partial charge in [-0.25, -0.2) is 4.79 Å². The standard InChI is InChI=1S/C15H17NO2Si/c1-18-15(17)13-11-16-10-9-14(13)19(2,3)12-7-5-4-6-8-12/h4-11H,1-3H3. The zero-order chi connectivity index (χ0) is 13.9. The highest BCUT2D eigenvalue weighted by atomic mass is 28.3. The zero-order valence-electron chi connectivity index (χ0n) is 11.4. The van der Waals surface area contributed by atoms with Gasteiger partial charge >= 0.3 is 5.97 Å². The van der Waals surface area contributed by atoms with E-state index in [0.717, 1.165) is 5.19 Å². The fourth-order valence-electron chi connectivity index (χ4n) is 2.22. The first-order valence-electron chi connectivity index (χ1n) is 6.15. The molecule has 1 heterocycles. The molecule has 0 aliphatic rings. The molecule has 1 aromatic carbocycles. The van der Waals surface area contributed by atoms with Crippen molar-refractivity contribution < 1.29 is 9.53 Å². The van der Waals surface area contributed by atoms with Gasteiger partial charge in [0, 0.05) is 12.4 Å². The van der Waals surface area contributed by atoms with Crippen molar-refractivity contribution in [2.24, 2.45) is 0 Å². The lowest BCUT2D eigenvalue weighted by Gasteiger charge is -2.25. The molecule has 0 saturated heterocycles. The lowest BCUT2D eigenvalue weighted by atomic mass is 10.3. The van der Waals surface area contributed by atoms with Crippen LogP contribution >= 0.6 is 0 Å². The van der Waals surface area contributed by atoms with Gasteiger partial charge in [0.05, 0.1) is 12.7 Å². The van der Waals surface area contributed by atoms with E-state index in [4.69, 9.17) is 4.74 Å². The highest BCUT2D eigenvalue weighted by Gasteiger charge is 2.30. The number of benzene rings is 1. The fourth-order valence-corrected chi connectivity index (χ4v) is 4.89. The van der Waals surface area contributed by atoms with Crippen LogP contribution in [0.25, 0.3) is 0 Å². The average Bonchev–Trinajstić information content (AvgIpc) is 2.47. The van der Waals surface area contributed by atoms with Crippen LogP contribution in [0, 0.1) is 0 Å². The van der Waals surface area contributed by atoms with Crippen molar-refractivity contribution in [1.29, 1.82) is 0 Å². The Morgan fingerprint density at radius 2 is 1.84 bits per heavy atom. The molecular weight excluding hydrogens is 254 g/mol. The van der Waals surface area contributed by atoms with Crippen LogP contribution in [0.2, 0.25) is 13.1 Å². The second-order valence-electron chi connectivity index (χ2n) is 4.90. The SMILES string of the molecule is COC(=O)c1cnccc1[Si](C)(C)c1ccccc1. The molecule has 2 aromatic rings. The van der Waals surface area contributed by atoms with Crippen LogP contribution in [0.3, 0.4) is 0 Å². The Morgan fingerprint density at radius 1 is 1.16 bits per heavy atom. The lowest BCUT2D eigenvalue weighted by molar-refractivity contribution is 0.0601. The molecule has 0 fully saturated rings. The van der Waals surface area contributed by atoms with Gasteiger partial charge in [-0.1, -0.05) is 48.6 Å². The lowest BCUT2D eigenvalue weighted by Crippen LogP contribution is -2.54. The normalized spacial score (nSPS) is 11.1. The molecule has 98 valence electrons. The van der Waals surface area contributed by atoms with Gasteiger partial charge in [-0.2, -0.15) is 0 Å². The number of aromatic nitrogens is 1. The number of esters is 1.